The first-order valence-corrected chi connectivity index (χ1v) is 7.56. The fraction of sp³-hybridized carbons (Fsp3) is 0.267. The summed E-state index contributed by atoms with van der Waals surface area (Å²) in [6, 6.07) is 10.3. The minimum atomic E-state index is 0.0900. The molecular formula is C15H19N3O3S. The standard InChI is InChI=1S/C13H16N2OS.C2H3NO2/c1-11-8-14(12(2)16)10-15(11)17-9-13-6-4-3-5-7-13;4-1-3-2-5/h3-8H,9-10H2,1-2H3;1-2H,(H,3,4,5). The first-order chi connectivity index (χ1) is 10.6. The van der Waals surface area contributed by atoms with Gasteiger partial charge in [0.2, 0.25) is 18.7 Å². The molecule has 7 heteroatoms. The molecule has 22 heavy (non-hydrogen) atoms. The topological polar surface area (TPSA) is 69.7 Å². The molecule has 1 aliphatic heterocycles. The van der Waals surface area contributed by atoms with Gasteiger partial charge in [0.05, 0.1) is 0 Å². The van der Waals surface area contributed by atoms with Crippen LogP contribution in [0.25, 0.3) is 0 Å². The highest BCUT2D eigenvalue weighted by molar-refractivity contribution is 7.96. The first-order valence-electron chi connectivity index (χ1n) is 6.61. The summed E-state index contributed by atoms with van der Waals surface area (Å²) in [6.45, 7) is 4.27. The van der Waals surface area contributed by atoms with Crippen LogP contribution in [0.15, 0.2) is 42.2 Å². The van der Waals surface area contributed by atoms with Crippen LogP contribution in [0.4, 0.5) is 0 Å². The van der Waals surface area contributed by atoms with Crippen molar-refractivity contribution >= 4 is 30.7 Å². The van der Waals surface area contributed by atoms with Crippen molar-refractivity contribution < 1.29 is 14.4 Å². The van der Waals surface area contributed by atoms with E-state index >= 15 is 0 Å². The number of nitrogens with one attached hydrogen (secondary N) is 1. The van der Waals surface area contributed by atoms with Crippen LogP contribution >= 0.6 is 11.9 Å². The maximum atomic E-state index is 11.3. The smallest absolute Gasteiger partial charge is 0.224 e. The van der Waals surface area contributed by atoms with E-state index in [1.165, 1.54) is 5.56 Å². The van der Waals surface area contributed by atoms with E-state index in [0.29, 0.717) is 19.5 Å². The third-order valence-electron chi connectivity index (χ3n) is 2.79. The van der Waals surface area contributed by atoms with E-state index in [1.807, 2.05) is 31.3 Å². The summed E-state index contributed by atoms with van der Waals surface area (Å²) in [7, 11) is 0. The summed E-state index contributed by atoms with van der Waals surface area (Å²) in [6.07, 6.45) is 2.53. The van der Waals surface area contributed by atoms with Crippen molar-refractivity contribution in [2.75, 3.05) is 6.67 Å². The van der Waals surface area contributed by atoms with Gasteiger partial charge in [0.25, 0.3) is 0 Å². The molecule has 6 nitrogen and oxygen atoms in total. The molecule has 1 aliphatic rings. The molecule has 0 fully saturated rings. The van der Waals surface area contributed by atoms with E-state index in [9.17, 15) is 4.79 Å². The summed E-state index contributed by atoms with van der Waals surface area (Å²) in [5.74, 6) is 1.02. The van der Waals surface area contributed by atoms with Crippen molar-refractivity contribution in [2.24, 2.45) is 0 Å². The highest BCUT2D eigenvalue weighted by Crippen LogP contribution is 2.26. The Balaban J connectivity index is 0.000000422. The summed E-state index contributed by atoms with van der Waals surface area (Å²) in [5.41, 5.74) is 2.42. The van der Waals surface area contributed by atoms with Crippen LogP contribution in [0, 0.1) is 0 Å². The normalized spacial score (nSPS) is 12.9. The average Bonchev–Trinajstić information content (AvgIpc) is 2.89. The molecule has 0 atom stereocenters. The molecule has 0 saturated heterocycles. The minimum absolute atomic E-state index is 0.0900. The molecule has 1 aromatic rings. The van der Waals surface area contributed by atoms with Gasteiger partial charge in [0, 0.05) is 24.6 Å². The van der Waals surface area contributed by atoms with Gasteiger partial charge in [0.1, 0.15) is 6.67 Å². The molecule has 1 heterocycles. The van der Waals surface area contributed by atoms with E-state index in [2.05, 4.69) is 16.4 Å². The van der Waals surface area contributed by atoms with Crippen LogP contribution in [0.5, 0.6) is 0 Å². The summed E-state index contributed by atoms with van der Waals surface area (Å²) in [5, 5.41) is 1.75. The van der Waals surface area contributed by atoms with Gasteiger partial charge >= 0.3 is 0 Å². The summed E-state index contributed by atoms with van der Waals surface area (Å²) in [4.78, 5) is 31.1. The van der Waals surface area contributed by atoms with Crippen LogP contribution in [0.3, 0.4) is 0 Å². The number of carbonyl (C=O) groups excluding carboxylic acids is 3. The number of allylic oxidation sites excluding steroid dienone is 1. The van der Waals surface area contributed by atoms with Crippen LogP contribution in [-0.4, -0.2) is 34.6 Å². The Bertz CT molecular complexity index is 528. The number of benzene rings is 1. The van der Waals surface area contributed by atoms with Gasteiger partial charge < -0.3 is 5.32 Å². The number of imide groups is 1. The van der Waals surface area contributed by atoms with Crippen molar-refractivity contribution in [1.82, 2.24) is 14.5 Å². The second-order valence-electron chi connectivity index (χ2n) is 4.44. The van der Waals surface area contributed by atoms with E-state index in [1.54, 1.807) is 29.1 Å². The quantitative estimate of drug-likeness (QED) is 0.660. The predicted molar refractivity (Wildman–Crippen MR) is 86.0 cm³/mol. The molecular weight excluding hydrogens is 302 g/mol. The predicted octanol–water partition coefficient (Wildman–Crippen LogP) is 1.71. The Morgan fingerprint density at radius 1 is 1.27 bits per heavy atom. The van der Waals surface area contributed by atoms with Crippen LogP contribution in [0.1, 0.15) is 19.4 Å². The van der Waals surface area contributed by atoms with E-state index < -0.39 is 0 Å². The number of hydrogen-bond donors (Lipinski definition) is 1. The van der Waals surface area contributed by atoms with Gasteiger partial charge in [0.15, 0.2) is 0 Å². The van der Waals surface area contributed by atoms with Gasteiger partial charge in [-0.15, -0.1) is 0 Å². The Hall–Kier alpha value is -2.28. The number of nitrogens with zero attached hydrogens (tertiary/aromatic N) is 2. The van der Waals surface area contributed by atoms with Crippen molar-refractivity contribution in [3.8, 4) is 0 Å². The molecule has 0 spiro atoms. The van der Waals surface area contributed by atoms with Gasteiger partial charge in [-0.1, -0.05) is 30.3 Å². The lowest BCUT2D eigenvalue weighted by molar-refractivity contribution is -0.126. The average molecular weight is 321 g/mol. The Labute approximate surface area is 134 Å². The van der Waals surface area contributed by atoms with E-state index in [-0.39, 0.29) is 5.91 Å². The van der Waals surface area contributed by atoms with Gasteiger partial charge in [-0.3, -0.25) is 23.6 Å². The molecule has 2 rings (SSSR count). The van der Waals surface area contributed by atoms with Gasteiger partial charge in [-0.05, 0) is 24.4 Å². The van der Waals surface area contributed by atoms with Gasteiger partial charge in [-0.2, -0.15) is 0 Å². The fourth-order valence-electron chi connectivity index (χ4n) is 1.67. The lowest BCUT2D eigenvalue weighted by Gasteiger charge is -2.19. The molecule has 118 valence electrons. The Kier molecular flexibility index (Phi) is 7.77. The van der Waals surface area contributed by atoms with Crippen molar-refractivity contribution in [3.05, 3.63) is 47.8 Å². The highest BCUT2D eigenvalue weighted by Gasteiger charge is 2.20. The Morgan fingerprint density at radius 2 is 1.91 bits per heavy atom. The monoisotopic (exact) mass is 321 g/mol. The third kappa shape index (κ3) is 6.01. The lowest BCUT2D eigenvalue weighted by atomic mass is 10.2. The fourth-order valence-corrected chi connectivity index (χ4v) is 2.62. The minimum Gasteiger partial charge on any atom is -0.302 e. The van der Waals surface area contributed by atoms with Crippen LogP contribution in [0.2, 0.25) is 0 Å². The summed E-state index contributed by atoms with van der Waals surface area (Å²) >= 11 is 1.74. The number of rotatable bonds is 5. The molecule has 0 saturated carbocycles. The molecule has 1 aromatic carbocycles. The second-order valence-corrected chi connectivity index (χ2v) is 5.43. The zero-order valence-corrected chi connectivity index (χ0v) is 13.4. The van der Waals surface area contributed by atoms with E-state index in [0.717, 1.165) is 11.4 Å². The molecule has 0 aliphatic carbocycles. The highest BCUT2D eigenvalue weighted by atomic mass is 32.2. The van der Waals surface area contributed by atoms with Crippen LogP contribution < -0.4 is 5.32 Å². The lowest BCUT2D eigenvalue weighted by Crippen LogP contribution is -2.25. The number of amides is 3. The first kappa shape index (κ1) is 17.8. The number of carbonyl (C=O) groups is 3. The maximum Gasteiger partial charge on any atom is 0.224 e. The molecule has 0 unspecified atom stereocenters. The number of hydrogen-bond acceptors (Lipinski definition) is 5. The second kappa shape index (κ2) is 9.62. The van der Waals surface area contributed by atoms with E-state index in [4.69, 9.17) is 9.59 Å². The molecule has 0 aromatic heterocycles. The van der Waals surface area contributed by atoms with Crippen molar-refractivity contribution in [3.63, 3.8) is 0 Å². The largest absolute Gasteiger partial charge is 0.302 e. The molecule has 3 amide bonds. The van der Waals surface area contributed by atoms with Crippen molar-refractivity contribution in [1.29, 1.82) is 0 Å². The van der Waals surface area contributed by atoms with Gasteiger partial charge in [-0.25, -0.2) is 0 Å². The molecule has 1 N–H and O–H groups in total. The molecule has 0 radical (unpaired) electrons. The maximum absolute atomic E-state index is 11.3. The molecule has 0 bridgehead atoms. The SMILES string of the molecule is CC(=O)N1C=C(C)N(SCc2ccccc2)C1.O=CNC=O. The third-order valence-corrected chi connectivity index (χ3v) is 3.96. The zero-order valence-electron chi connectivity index (χ0n) is 12.6. The van der Waals surface area contributed by atoms with Crippen LogP contribution in [-0.2, 0) is 20.1 Å². The van der Waals surface area contributed by atoms with Crippen molar-refractivity contribution in [2.45, 2.75) is 19.6 Å². The Morgan fingerprint density at radius 3 is 2.36 bits per heavy atom. The zero-order chi connectivity index (χ0) is 16.4. The summed E-state index contributed by atoms with van der Waals surface area (Å²) < 4.78 is 2.15.